The molecule has 0 aliphatic rings. The van der Waals surface area contributed by atoms with Gasteiger partial charge in [-0.05, 0) is 11.8 Å². The first-order valence-corrected chi connectivity index (χ1v) is 5.39. The molecule has 1 aromatic rings. The monoisotopic (exact) mass is 226 g/mol. The number of nitrogens with one attached hydrogen (secondary N) is 1. The van der Waals surface area contributed by atoms with Gasteiger partial charge in [-0.3, -0.25) is 0 Å². The Kier molecular flexibility index (Phi) is 3.67. The lowest BCUT2D eigenvalue weighted by Gasteiger charge is -2.31. The Hall–Kier alpha value is -1.39. The molecule has 5 heteroatoms. The first-order valence-electron chi connectivity index (χ1n) is 5.39. The maximum Gasteiger partial charge on any atom is 0.222 e. The van der Waals surface area contributed by atoms with Crippen LogP contribution in [0.2, 0.25) is 0 Å². The molecule has 0 fully saturated rings. The van der Waals surface area contributed by atoms with Crippen molar-refractivity contribution in [3.63, 3.8) is 0 Å². The van der Waals surface area contributed by atoms with Gasteiger partial charge in [0.2, 0.25) is 5.95 Å². The molecule has 0 amide bonds. The predicted octanol–water partition coefficient (Wildman–Crippen LogP) is 2.43. The Labute approximate surface area is 95.5 Å². The zero-order chi connectivity index (χ0) is 12.3. The number of anilines is 2. The van der Waals surface area contributed by atoms with Crippen molar-refractivity contribution in [2.45, 2.75) is 40.2 Å². The molecule has 0 unspecified atom stereocenters. The number of nitrogens with two attached hydrogens (primary N) is 1. The van der Waals surface area contributed by atoms with Gasteiger partial charge >= 0.3 is 0 Å². The average molecular weight is 226 g/mol. The zero-order valence-corrected chi connectivity index (χ0v) is 10.2. The van der Waals surface area contributed by atoms with Gasteiger partial charge in [0, 0.05) is 6.04 Å². The lowest BCUT2D eigenvalue weighted by atomic mass is 9.85. The minimum atomic E-state index is -0.475. The Morgan fingerprint density at radius 2 is 2.12 bits per heavy atom. The molecular formula is C11H19FN4. The van der Waals surface area contributed by atoms with Crippen LogP contribution >= 0.6 is 0 Å². The summed E-state index contributed by atoms with van der Waals surface area (Å²) in [7, 11) is 0. The molecular weight excluding hydrogens is 207 g/mol. The van der Waals surface area contributed by atoms with Crippen molar-refractivity contribution < 1.29 is 4.39 Å². The molecule has 0 radical (unpaired) electrons. The fourth-order valence-electron chi connectivity index (χ4n) is 1.58. The summed E-state index contributed by atoms with van der Waals surface area (Å²) in [5, 5.41) is 3.07. The van der Waals surface area contributed by atoms with E-state index in [9.17, 15) is 4.39 Å². The minimum absolute atomic E-state index is 0.0287. The SMILES string of the molecule is CC[C@@H](Nc1nc(N)ncc1F)C(C)(C)C. The molecule has 1 rings (SSSR count). The number of rotatable bonds is 3. The number of hydrogen-bond acceptors (Lipinski definition) is 4. The molecule has 0 saturated carbocycles. The fraction of sp³-hybridized carbons (Fsp3) is 0.636. The van der Waals surface area contributed by atoms with Crippen molar-refractivity contribution >= 4 is 11.8 Å². The molecule has 0 aromatic carbocycles. The fourth-order valence-corrected chi connectivity index (χ4v) is 1.58. The molecule has 0 bridgehead atoms. The number of nitrogen functional groups attached to an aromatic ring is 1. The summed E-state index contributed by atoms with van der Waals surface area (Å²) < 4.78 is 13.4. The highest BCUT2D eigenvalue weighted by Crippen LogP contribution is 2.25. The lowest BCUT2D eigenvalue weighted by Crippen LogP contribution is -2.34. The van der Waals surface area contributed by atoms with Crippen LogP contribution in [-0.4, -0.2) is 16.0 Å². The van der Waals surface area contributed by atoms with E-state index in [1.807, 2.05) is 6.92 Å². The van der Waals surface area contributed by atoms with E-state index in [1.54, 1.807) is 0 Å². The molecule has 16 heavy (non-hydrogen) atoms. The van der Waals surface area contributed by atoms with Crippen LogP contribution in [0.4, 0.5) is 16.2 Å². The topological polar surface area (TPSA) is 63.8 Å². The summed E-state index contributed by atoms with van der Waals surface area (Å²) in [5.74, 6) is -0.223. The molecule has 3 N–H and O–H groups in total. The van der Waals surface area contributed by atoms with Gasteiger partial charge in [0.15, 0.2) is 11.6 Å². The van der Waals surface area contributed by atoms with Gasteiger partial charge in [-0.15, -0.1) is 0 Å². The van der Waals surface area contributed by atoms with Gasteiger partial charge in [-0.25, -0.2) is 9.37 Å². The number of aromatic nitrogens is 2. The van der Waals surface area contributed by atoms with Crippen LogP contribution < -0.4 is 11.1 Å². The quantitative estimate of drug-likeness (QED) is 0.830. The van der Waals surface area contributed by atoms with Crippen molar-refractivity contribution in [3.05, 3.63) is 12.0 Å². The largest absolute Gasteiger partial charge is 0.368 e. The van der Waals surface area contributed by atoms with E-state index < -0.39 is 5.82 Å². The van der Waals surface area contributed by atoms with Gasteiger partial charge in [0.25, 0.3) is 0 Å². The highest BCUT2D eigenvalue weighted by atomic mass is 19.1. The van der Waals surface area contributed by atoms with Crippen molar-refractivity contribution in [2.75, 3.05) is 11.1 Å². The van der Waals surface area contributed by atoms with E-state index in [0.29, 0.717) is 0 Å². The predicted molar refractivity (Wildman–Crippen MR) is 63.6 cm³/mol. The molecule has 1 aromatic heterocycles. The van der Waals surface area contributed by atoms with Crippen molar-refractivity contribution in [2.24, 2.45) is 5.41 Å². The Morgan fingerprint density at radius 3 is 2.62 bits per heavy atom. The van der Waals surface area contributed by atoms with Gasteiger partial charge in [-0.2, -0.15) is 4.98 Å². The highest BCUT2D eigenvalue weighted by Gasteiger charge is 2.24. The van der Waals surface area contributed by atoms with Crippen molar-refractivity contribution in [3.8, 4) is 0 Å². The highest BCUT2D eigenvalue weighted by molar-refractivity contribution is 5.40. The first kappa shape index (κ1) is 12.7. The van der Waals surface area contributed by atoms with Crippen LogP contribution in [0.5, 0.6) is 0 Å². The van der Waals surface area contributed by atoms with Crippen LogP contribution in [0.25, 0.3) is 0 Å². The molecule has 0 spiro atoms. The summed E-state index contributed by atoms with van der Waals surface area (Å²) in [4.78, 5) is 7.44. The van der Waals surface area contributed by atoms with Crippen LogP contribution in [0, 0.1) is 11.2 Å². The second-order valence-corrected chi connectivity index (χ2v) is 4.90. The lowest BCUT2D eigenvalue weighted by molar-refractivity contribution is 0.332. The first-order chi connectivity index (χ1) is 7.34. The van der Waals surface area contributed by atoms with Crippen LogP contribution in [0.1, 0.15) is 34.1 Å². The third-order valence-corrected chi connectivity index (χ3v) is 2.53. The third-order valence-electron chi connectivity index (χ3n) is 2.53. The number of nitrogens with zero attached hydrogens (tertiary/aromatic N) is 2. The van der Waals surface area contributed by atoms with E-state index >= 15 is 0 Å². The van der Waals surface area contributed by atoms with E-state index in [2.05, 4.69) is 36.1 Å². The molecule has 0 aliphatic heterocycles. The van der Waals surface area contributed by atoms with Gasteiger partial charge in [0.05, 0.1) is 6.20 Å². The Balaban J connectivity index is 2.90. The summed E-state index contributed by atoms with van der Waals surface area (Å²) >= 11 is 0. The second kappa shape index (κ2) is 4.63. The van der Waals surface area contributed by atoms with E-state index in [-0.39, 0.29) is 23.2 Å². The smallest absolute Gasteiger partial charge is 0.222 e. The number of hydrogen-bond donors (Lipinski definition) is 2. The Bertz CT molecular complexity index is 359. The molecule has 0 saturated heterocycles. The Morgan fingerprint density at radius 1 is 1.50 bits per heavy atom. The molecule has 4 nitrogen and oxygen atoms in total. The zero-order valence-electron chi connectivity index (χ0n) is 10.2. The molecule has 90 valence electrons. The van der Waals surface area contributed by atoms with Crippen molar-refractivity contribution in [1.82, 2.24) is 9.97 Å². The minimum Gasteiger partial charge on any atom is -0.368 e. The van der Waals surface area contributed by atoms with E-state index in [0.717, 1.165) is 12.6 Å². The second-order valence-electron chi connectivity index (χ2n) is 4.90. The summed E-state index contributed by atoms with van der Waals surface area (Å²) in [6.45, 7) is 8.33. The summed E-state index contributed by atoms with van der Waals surface area (Å²) in [6.07, 6.45) is 1.97. The van der Waals surface area contributed by atoms with Gasteiger partial charge < -0.3 is 11.1 Å². The normalized spacial score (nSPS) is 13.6. The van der Waals surface area contributed by atoms with Crippen LogP contribution in [0.3, 0.4) is 0 Å². The standard InChI is InChI=1S/C11H19FN4/c1-5-8(11(2,3)4)15-9-7(12)6-14-10(13)16-9/h6,8H,5H2,1-4H3,(H3,13,14,15,16)/t8-/m1/s1. The van der Waals surface area contributed by atoms with Gasteiger partial charge in [-0.1, -0.05) is 27.7 Å². The summed E-state index contributed by atoms with van der Waals surface area (Å²) in [5.41, 5.74) is 5.45. The maximum absolute atomic E-state index is 13.4. The maximum atomic E-state index is 13.4. The van der Waals surface area contributed by atoms with Crippen LogP contribution in [0.15, 0.2) is 6.20 Å². The van der Waals surface area contributed by atoms with E-state index in [1.165, 1.54) is 0 Å². The molecule has 0 aliphatic carbocycles. The molecule has 1 atom stereocenters. The van der Waals surface area contributed by atoms with E-state index in [4.69, 9.17) is 5.73 Å². The van der Waals surface area contributed by atoms with Crippen molar-refractivity contribution in [1.29, 1.82) is 0 Å². The molecule has 1 heterocycles. The number of halogens is 1. The average Bonchev–Trinajstić information content (AvgIpc) is 2.17. The van der Waals surface area contributed by atoms with Gasteiger partial charge in [0.1, 0.15) is 0 Å². The third kappa shape index (κ3) is 3.05. The summed E-state index contributed by atoms with van der Waals surface area (Å²) in [6, 6.07) is 0.135. The van der Waals surface area contributed by atoms with Crippen LogP contribution in [-0.2, 0) is 0 Å².